The van der Waals surface area contributed by atoms with Gasteiger partial charge in [-0.3, -0.25) is 0 Å². The molecule has 0 aromatic carbocycles. The Bertz CT molecular complexity index is 281. The molecule has 1 amide bonds. The summed E-state index contributed by atoms with van der Waals surface area (Å²) in [5.74, 6) is -0.0297. The second kappa shape index (κ2) is 6.44. The molecule has 0 aliphatic rings. The Balaban J connectivity index is 4.88. The normalized spacial score (nSPS) is 12.6. The van der Waals surface area contributed by atoms with Crippen LogP contribution in [0, 0.1) is 0 Å². The summed E-state index contributed by atoms with van der Waals surface area (Å²) in [7, 11) is 0. The molecule has 0 rings (SSSR count). The Morgan fingerprint density at radius 3 is 2.23 bits per heavy atom. The van der Waals surface area contributed by atoms with Gasteiger partial charge in [0.15, 0.2) is 0 Å². The van der Waals surface area contributed by atoms with E-state index in [1.807, 2.05) is 19.9 Å². The van der Waals surface area contributed by atoms with Gasteiger partial charge in [-0.2, -0.15) is 0 Å². The molecule has 72 valence electrons. The number of allylic oxidation sites excluding steroid dienone is 3. The van der Waals surface area contributed by atoms with Crippen molar-refractivity contribution in [1.82, 2.24) is 5.32 Å². The molecule has 0 bridgehead atoms. The second-order valence-corrected chi connectivity index (χ2v) is 5.32. The molecule has 0 saturated carbocycles. The topological polar surface area (TPSA) is 29.1 Å². The van der Waals surface area contributed by atoms with Gasteiger partial charge in [-0.1, -0.05) is 0 Å². The first-order valence-electron chi connectivity index (χ1n) is 3.75. The molecule has 0 aliphatic carbocycles. The van der Waals surface area contributed by atoms with E-state index in [0.29, 0.717) is 0 Å². The molecule has 1 N–H and O–H groups in total. The van der Waals surface area contributed by atoms with Crippen molar-refractivity contribution in [2.24, 2.45) is 0 Å². The molecule has 13 heavy (non-hydrogen) atoms. The zero-order valence-electron chi connectivity index (χ0n) is 7.85. The third kappa shape index (κ3) is 5.32. The number of carbonyl (C=O) groups is 1. The number of rotatable bonds is 3. The summed E-state index contributed by atoms with van der Waals surface area (Å²) < 4.78 is 1.18. The first-order chi connectivity index (χ1) is 5.99. The van der Waals surface area contributed by atoms with Crippen LogP contribution in [-0.4, -0.2) is 9.81 Å². The van der Waals surface area contributed by atoms with Crippen LogP contribution in [0.25, 0.3) is 0 Å². The number of carbonyl (C=O) groups excluding carboxylic acids is 1. The van der Waals surface area contributed by atoms with Gasteiger partial charge in [-0.15, -0.1) is 0 Å². The minimum absolute atomic E-state index is 0.0297. The number of hydrogen-bond donors (Lipinski definition) is 1. The zero-order valence-corrected chi connectivity index (χ0v) is 12.4. The van der Waals surface area contributed by atoms with Gasteiger partial charge in [0.05, 0.1) is 0 Å². The molecule has 0 unspecified atom stereocenters. The predicted molar refractivity (Wildman–Crippen MR) is 55.3 cm³/mol. The van der Waals surface area contributed by atoms with Crippen LogP contribution in [0.2, 0.25) is 0 Å². The van der Waals surface area contributed by atoms with E-state index >= 15 is 0 Å². The van der Waals surface area contributed by atoms with Gasteiger partial charge >= 0.3 is 98.3 Å². The van der Waals surface area contributed by atoms with Crippen LogP contribution in [-0.2, 0) is 24.1 Å². The quantitative estimate of drug-likeness (QED) is 0.705. The van der Waals surface area contributed by atoms with Gasteiger partial charge in [-0.05, 0) is 0 Å². The Kier molecular flexibility index (Phi) is 6.44. The standard InChI is InChI=1S/C9H12BrNO.W/c1-4-9(11-8(3)12)7(2)5-6-10;/h5-6H,1-3H3,(H,11,12);/b6-5?,9-7+;. The number of nitrogens with one attached hydrogen (secondary N) is 1. The molecule has 4 heteroatoms. The molecule has 0 fully saturated rings. The summed E-state index contributed by atoms with van der Waals surface area (Å²) >= 11 is 4.57. The van der Waals surface area contributed by atoms with E-state index in [-0.39, 0.29) is 5.91 Å². The molecule has 0 radical (unpaired) electrons. The fourth-order valence-corrected chi connectivity index (χ4v) is 1.98. The molecule has 0 heterocycles. The monoisotopic (exact) mass is 413 g/mol. The van der Waals surface area contributed by atoms with E-state index in [9.17, 15) is 4.79 Å². The number of halogens is 1. The van der Waals surface area contributed by atoms with E-state index in [1.54, 1.807) is 4.99 Å². The van der Waals surface area contributed by atoms with Crippen LogP contribution in [0.5, 0.6) is 0 Å². The Morgan fingerprint density at radius 1 is 1.38 bits per heavy atom. The van der Waals surface area contributed by atoms with Gasteiger partial charge in [-0.25, -0.2) is 0 Å². The van der Waals surface area contributed by atoms with Crippen LogP contribution in [0.4, 0.5) is 0 Å². The zero-order chi connectivity index (χ0) is 10.4. The van der Waals surface area contributed by atoms with Crippen molar-refractivity contribution in [1.29, 1.82) is 0 Å². The molecular weight excluding hydrogens is 402 g/mol. The van der Waals surface area contributed by atoms with E-state index in [2.05, 4.69) is 21.2 Å². The summed E-state index contributed by atoms with van der Waals surface area (Å²) in [6, 6.07) is 0. The molecule has 0 aliphatic heterocycles. The van der Waals surface area contributed by atoms with Gasteiger partial charge in [0.1, 0.15) is 0 Å². The Hall–Kier alpha value is -0.0117. The van der Waals surface area contributed by atoms with Gasteiger partial charge < -0.3 is 0 Å². The fourth-order valence-electron chi connectivity index (χ4n) is 0.818. The third-order valence-corrected chi connectivity index (χ3v) is 2.36. The summed E-state index contributed by atoms with van der Waals surface area (Å²) in [4.78, 5) is 12.7. The maximum absolute atomic E-state index is 10.9. The maximum atomic E-state index is 10.9. The van der Waals surface area contributed by atoms with E-state index < -0.39 is 0 Å². The average Bonchev–Trinajstić information content (AvgIpc) is 1.99. The Morgan fingerprint density at radius 2 is 1.92 bits per heavy atom. The van der Waals surface area contributed by atoms with E-state index in [0.717, 1.165) is 11.3 Å². The minimum atomic E-state index is -0.0297. The molecular formula is C9H12BrNOW. The van der Waals surface area contributed by atoms with Gasteiger partial charge in [0.2, 0.25) is 0 Å². The predicted octanol–water partition coefficient (Wildman–Crippen LogP) is 2.04. The summed E-state index contributed by atoms with van der Waals surface area (Å²) in [5, 5.41) is 2.82. The number of hydrogen-bond acceptors (Lipinski definition) is 1. The SMILES string of the molecule is CC(=O)N/C([C](C)=[W])=C(\C)C=CBr. The van der Waals surface area contributed by atoms with Gasteiger partial charge in [0, 0.05) is 0 Å². The first-order valence-corrected chi connectivity index (χ1v) is 6.13. The van der Waals surface area contributed by atoms with Crippen LogP contribution < -0.4 is 5.32 Å². The van der Waals surface area contributed by atoms with Crippen molar-refractivity contribution >= 4 is 25.7 Å². The molecule has 0 aromatic rings. The van der Waals surface area contributed by atoms with Crippen LogP contribution in [0.3, 0.4) is 0 Å². The molecule has 2 nitrogen and oxygen atoms in total. The van der Waals surface area contributed by atoms with Crippen molar-refractivity contribution in [3.05, 3.63) is 22.3 Å². The van der Waals surface area contributed by atoms with E-state index in [1.165, 1.54) is 30.2 Å². The van der Waals surface area contributed by atoms with Crippen LogP contribution in [0.15, 0.2) is 22.3 Å². The third-order valence-electron chi connectivity index (χ3n) is 1.36. The molecule has 0 aromatic heterocycles. The van der Waals surface area contributed by atoms with Crippen LogP contribution in [0.1, 0.15) is 20.8 Å². The fraction of sp³-hybridized carbons (Fsp3) is 0.333. The first kappa shape index (κ1) is 13.0. The Labute approximate surface area is 98.0 Å². The van der Waals surface area contributed by atoms with Crippen LogP contribution >= 0.6 is 15.9 Å². The second-order valence-electron chi connectivity index (χ2n) is 2.59. The van der Waals surface area contributed by atoms with Crippen molar-refractivity contribution in [3.63, 3.8) is 0 Å². The van der Waals surface area contributed by atoms with Crippen molar-refractivity contribution in [2.45, 2.75) is 20.8 Å². The van der Waals surface area contributed by atoms with Crippen molar-refractivity contribution in [3.8, 4) is 0 Å². The molecule has 0 saturated heterocycles. The molecule has 0 atom stereocenters. The van der Waals surface area contributed by atoms with Gasteiger partial charge in [0.25, 0.3) is 0 Å². The average molecular weight is 414 g/mol. The summed E-state index contributed by atoms with van der Waals surface area (Å²) in [5.41, 5.74) is 1.98. The number of amides is 1. The summed E-state index contributed by atoms with van der Waals surface area (Å²) in [6.45, 7) is 5.49. The van der Waals surface area contributed by atoms with Crippen molar-refractivity contribution < 1.29 is 24.1 Å². The summed E-state index contributed by atoms with van der Waals surface area (Å²) in [6.07, 6.45) is 1.91. The molecule has 0 spiro atoms. The van der Waals surface area contributed by atoms with Crippen molar-refractivity contribution in [2.75, 3.05) is 0 Å². The van der Waals surface area contributed by atoms with E-state index in [4.69, 9.17) is 0 Å².